The van der Waals surface area contributed by atoms with Crippen molar-refractivity contribution >= 4 is 18.1 Å². The molecule has 1 aromatic rings. The highest BCUT2D eigenvalue weighted by atomic mass is 35.5. The zero-order chi connectivity index (χ0) is 11.6. The summed E-state index contributed by atoms with van der Waals surface area (Å²) >= 11 is 0. The van der Waals surface area contributed by atoms with Gasteiger partial charge in [0.1, 0.15) is 5.75 Å². The average molecular weight is 249 g/mol. The van der Waals surface area contributed by atoms with E-state index in [-0.39, 0.29) is 29.4 Å². The second-order valence-electron chi connectivity index (χ2n) is 3.21. The molecule has 0 aromatic heterocycles. The fourth-order valence-corrected chi connectivity index (χ4v) is 1.32. The quantitative estimate of drug-likeness (QED) is 0.547. The van der Waals surface area contributed by atoms with Crippen LogP contribution in [0.15, 0.2) is 12.1 Å². The molecule has 6 nitrogen and oxygen atoms in total. The zero-order valence-electron chi connectivity index (χ0n) is 8.58. The van der Waals surface area contributed by atoms with Crippen molar-refractivity contribution in [1.29, 1.82) is 0 Å². The Morgan fingerprint density at radius 3 is 2.56 bits per heavy atom. The van der Waals surface area contributed by atoms with Crippen LogP contribution >= 0.6 is 12.4 Å². The largest absolute Gasteiger partial charge is 0.507 e. The summed E-state index contributed by atoms with van der Waals surface area (Å²) in [7, 11) is 0. The molecule has 90 valence electrons. The van der Waals surface area contributed by atoms with E-state index in [1.807, 2.05) is 0 Å². The Morgan fingerprint density at radius 1 is 1.56 bits per heavy atom. The summed E-state index contributed by atoms with van der Waals surface area (Å²) in [6, 6.07) is 1.74. The van der Waals surface area contributed by atoms with E-state index in [0.29, 0.717) is 5.56 Å². The molecule has 0 saturated heterocycles. The van der Waals surface area contributed by atoms with Gasteiger partial charge in [0.25, 0.3) is 5.69 Å². The first kappa shape index (κ1) is 14.6. The van der Waals surface area contributed by atoms with Crippen molar-refractivity contribution in [2.45, 2.75) is 13.0 Å². The van der Waals surface area contributed by atoms with Gasteiger partial charge in [-0.15, -0.1) is 12.4 Å². The molecule has 0 saturated carbocycles. The van der Waals surface area contributed by atoms with Gasteiger partial charge in [-0.1, -0.05) is 0 Å². The third-order valence-electron chi connectivity index (χ3n) is 2.16. The Balaban J connectivity index is 0.00000225. The number of phenols is 1. The number of nitro groups is 1. The zero-order valence-corrected chi connectivity index (χ0v) is 9.40. The SMILES string of the molecule is Cc1ccc([N+](=O)[O-])c([C@H](N)CO)c1O.Cl. The predicted octanol–water partition coefficient (Wildman–Crippen LogP) is 1.02. The molecule has 4 N–H and O–H groups in total. The molecule has 1 atom stereocenters. The number of nitrogens with zero attached hydrogens (tertiary/aromatic N) is 1. The minimum Gasteiger partial charge on any atom is -0.507 e. The van der Waals surface area contributed by atoms with Crippen LogP contribution in [-0.2, 0) is 0 Å². The van der Waals surface area contributed by atoms with E-state index >= 15 is 0 Å². The van der Waals surface area contributed by atoms with Crippen LogP contribution in [0.2, 0.25) is 0 Å². The summed E-state index contributed by atoms with van der Waals surface area (Å²) in [5.74, 6) is -0.231. The smallest absolute Gasteiger partial charge is 0.277 e. The molecule has 7 heteroatoms. The Hall–Kier alpha value is -1.37. The molecule has 1 rings (SSSR count). The molecule has 16 heavy (non-hydrogen) atoms. The number of nitrogens with two attached hydrogens (primary N) is 1. The van der Waals surface area contributed by atoms with Crippen molar-refractivity contribution in [3.8, 4) is 5.75 Å². The van der Waals surface area contributed by atoms with Crippen LogP contribution in [0, 0.1) is 17.0 Å². The first-order valence-corrected chi connectivity index (χ1v) is 4.32. The number of aliphatic hydroxyl groups is 1. The molecule has 0 spiro atoms. The van der Waals surface area contributed by atoms with Gasteiger partial charge in [-0.2, -0.15) is 0 Å². The normalized spacial score (nSPS) is 11.7. The fourth-order valence-electron chi connectivity index (χ4n) is 1.32. The fraction of sp³-hybridized carbons (Fsp3) is 0.333. The van der Waals surface area contributed by atoms with Gasteiger partial charge in [0, 0.05) is 6.07 Å². The molecule has 1 aromatic carbocycles. The lowest BCUT2D eigenvalue weighted by atomic mass is 10.0. The highest BCUT2D eigenvalue weighted by Crippen LogP contribution is 2.34. The summed E-state index contributed by atoms with van der Waals surface area (Å²) in [6.45, 7) is 1.14. The highest BCUT2D eigenvalue weighted by molar-refractivity contribution is 5.85. The molecule has 0 bridgehead atoms. The number of phenolic OH excluding ortho intramolecular Hbond substituents is 1. The minimum absolute atomic E-state index is 0. The Bertz CT molecular complexity index is 397. The number of benzene rings is 1. The van der Waals surface area contributed by atoms with Crippen molar-refractivity contribution in [2.24, 2.45) is 5.73 Å². The molecule has 0 aliphatic heterocycles. The second-order valence-corrected chi connectivity index (χ2v) is 3.21. The first-order valence-electron chi connectivity index (χ1n) is 4.32. The van der Waals surface area contributed by atoms with E-state index in [9.17, 15) is 15.2 Å². The molecule has 0 unspecified atom stereocenters. The van der Waals surface area contributed by atoms with E-state index in [4.69, 9.17) is 10.8 Å². The van der Waals surface area contributed by atoms with Crippen molar-refractivity contribution in [3.63, 3.8) is 0 Å². The molecule has 0 amide bonds. The standard InChI is InChI=1S/C9H12N2O4.ClH/c1-5-2-3-7(11(14)15)8(9(5)13)6(10)4-12;/h2-3,6,12-13H,4,10H2,1H3;1H/t6-;/m1./s1. The summed E-state index contributed by atoms with van der Waals surface area (Å²) in [5, 5.41) is 29.1. The van der Waals surface area contributed by atoms with E-state index in [1.165, 1.54) is 12.1 Å². The highest BCUT2D eigenvalue weighted by Gasteiger charge is 2.23. The maximum atomic E-state index is 10.7. The lowest BCUT2D eigenvalue weighted by Crippen LogP contribution is -2.16. The van der Waals surface area contributed by atoms with Gasteiger partial charge in [0.2, 0.25) is 0 Å². The van der Waals surface area contributed by atoms with E-state index in [2.05, 4.69) is 0 Å². The number of rotatable bonds is 3. The number of halogens is 1. The molecule has 0 aliphatic carbocycles. The van der Waals surface area contributed by atoms with Gasteiger partial charge in [0.05, 0.1) is 23.1 Å². The molecule has 0 radical (unpaired) electrons. The summed E-state index contributed by atoms with van der Waals surface area (Å²) < 4.78 is 0. The number of aryl methyl sites for hydroxylation is 1. The van der Waals surface area contributed by atoms with Gasteiger partial charge in [-0.05, 0) is 18.6 Å². The van der Waals surface area contributed by atoms with Crippen LogP contribution in [0.1, 0.15) is 17.2 Å². The monoisotopic (exact) mass is 248 g/mol. The van der Waals surface area contributed by atoms with E-state index < -0.39 is 17.6 Å². The van der Waals surface area contributed by atoms with Gasteiger partial charge >= 0.3 is 0 Å². The van der Waals surface area contributed by atoms with Crippen LogP contribution in [0.3, 0.4) is 0 Å². The maximum Gasteiger partial charge on any atom is 0.277 e. The molecule has 0 fully saturated rings. The van der Waals surface area contributed by atoms with Crippen LogP contribution in [0.25, 0.3) is 0 Å². The summed E-state index contributed by atoms with van der Waals surface area (Å²) in [4.78, 5) is 10.0. The Morgan fingerprint density at radius 2 is 2.12 bits per heavy atom. The first-order chi connectivity index (χ1) is 6.99. The van der Waals surface area contributed by atoms with Crippen LogP contribution in [-0.4, -0.2) is 21.7 Å². The maximum absolute atomic E-state index is 10.7. The van der Waals surface area contributed by atoms with Crippen LogP contribution < -0.4 is 5.73 Å². The summed E-state index contributed by atoms with van der Waals surface area (Å²) in [6.07, 6.45) is 0. The van der Waals surface area contributed by atoms with E-state index in [0.717, 1.165) is 0 Å². The van der Waals surface area contributed by atoms with E-state index in [1.54, 1.807) is 6.92 Å². The number of aliphatic hydroxyl groups excluding tert-OH is 1. The van der Waals surface area contributed by atoms with Crippen LogP contribution in [0.4, 0.5) is 5.69 Å². The Kier molecular flexibility index (Phi) is 5.16. The number of hydrogen-bond donors (Lipinski definition) is 3. The van der Waals surface area contributed by atoms with Crippen molar-refractivity contribution in [1.82, 2.24) is 0 Å². The Labute approximate surface area is 98.3 Å². The van der Waals surface area contributed by atoms with Crippen molar-refractivity contribution in [3.05, 3.63) is 33.4 Å². The van der Waals surface area contributed by atoms with Gasteiger partial charge in [-0.25, -0.2) is 0 Å². The number of aromatic hydroxyl groups is 1. The second kappa shape index (κ2) is 5.64. The summed E-state index contributed by atoms with van der Waals surface area (Å²) in [5.41, 5.74) is 5.67. The topological polar surface area (TPSA) is 110 Å². The third-order valence-corrected chi connectivity index (χ3v) is 2.16. The third kappa shape index (κ3) is 2.60. The average Bonchev–Trinajstić information content (AvgIpc) is 2.20. The molecular weight excluding hydrogens is 236 g/mol. The van der Waals surface area contributed by atoms with Gasteiger partial charge in [-0.3, -0.25) is 10.1 Å². The molecule has 0 heterocycles. The molecular formula is C9H13ClN2O4. The lowest BCUT2D eigenvalue weighted by Gasteiger charge is -2.12. The van der Waals surface area contributed by atoms with Crippen molar-refractivity contribution in [2.75, 3.05) is 6.61 Å². The van der Waals surface area contributed by atoms with Crippen LogP contribution in [0.5, 0.6) is 5.75 Å². The molecule has 0 aliphatic rings. The van der Waals surface area contributed by atoms with Crippen molar-refractivity contribution < 1.29 is 15.1 Å². The number of nitro benzene ring substituents is 1. The lowest BCUT2D eigenvalue weighted by molar-refractivity contribution is -0.385. The number of hydrogen-bond acceptors (Lipinski definition) is 5. The van der Waals surface area contributed by atoms with Gasteiger partial charge < -0.3 is 15.9 Å². The predicted molar refractivity (Wildman–Crippen MR) is 60.8 cm³/mol. The van der Waals surface area contributed by atoms with Gasteiger partial charge in [0.15, 0.2) is 0 Å². The minimum atomic E-state index is -0.953.